The van der Waals surface area contributed by atoms with Crippen molar-refractivity contribution in [2.24, 2.45) is 11.3 Å². The SMILES string of the molecule is CC1CC(C#N)(C(=O)NC(C)CCS(C)=O)C1. The highest BCUT2D eigenvalue weighted by Crippen LogP contribution is 2.45. The molecule has 1 N–H and O–H groups in total. The van der Waals surface area contributed by atoms with Gasteiger partial charge < -0.3 is 5.32 Å². The predicted molar refractivity (Wildman–Crippen MR) is 67.6 cm³/mol. The molecule has 5 heteroatoms. The van der Waals surface area contributed by atoms with Crippen LogP contribution in [0.4, 0.5) is 0 Å². The molecule has 0 aromatic heterocycles. The summed E-state index contributed by atoms with van der Waals surface area (Å²) in [6, 6.07) is 2.12. The first kappa shape index (κ1) is 14.2. The van der Waals surface area contributed by atoms with E-state index in [4.69, 9.17) is 5.26 Å². The number of nitriles is 1. The number of nitrogens with one attached hydrogen (secondary N) is 1. The summed E-state index contributed by atoms with van der Waals surface area (Å²) in [6.07, 6.45) is 3.65. The first-order valence-corrected chi connectivity index (χ1v) is 7.64. The molecule has 96 valence electrons. The van der Waals surface area contributed by atoms with Gasteiger partial charge in [0, 0.05) is 28.9 Å². The van der Waals surface area contributed by atoms with Gasteiger partial charge in [-0.1, -0.05) is 6.92 Å². The minimum Gasteiger partial charge on any atom is -0.352 e. The summed E-state index contributed by atoms with van der Waals surface area (Å²) >= 11 is 0. The highest BCUT2D eigenvalue weighted by molar-refractivity contribution is 7.84. The summed E-state index contributed by atoms with van der Waals surface area (Å²) in [5.74, 6) is 0.878. The number of hydrogen-bond acceptors (Lipinski definition) is 3. The molecule has 0 radical (unpaired) electrons. The Morgan fingerprint density at radius 1 is 1.65 bits per heavy atom. The lowest BCUT2D eigenvalue weighted by Gasteiger charge is -2.39. The second-order valence-corrected chi connectivity index (χ2v) is 6.70. The first-order chi connectivity index (χ1) is 7.89. The molecule has 1 fully saturated rings. The molecule has 0 aromatic carbocycles. The fraction of sp³-hybridized carbons (Fsp3) is 0.833. The second-order valence-electron chi connectivity index (χ2n) is 5.15. The van der Waals surface area contributed by atoms with Gasteiger partial charge in [-0.25, -0.2) is 0 Å². The number of amides is 1. The fourth-order valence-corrected chi connectivity index (χ4v) is 2.92. The van der Waals surface area contributed by atoms with Gasteiger partial charge in [-0.3, -0.25) is 9.00 Å². The van der Waals surface area contributed by atoms with Crippen LogP contribution in [0.3, 0.4) is 0 Å². The number of hydrogen-bond donors (Lipinski definition) is 1. The molecule has 0 aliphatic heterocycles. The molecule has 1 rings (SSSR count). The Kier molecular flexibility index (Phi) is 4.70. The molecule has 1 saturated carbocycles. The molecule has 0 aromatic rings. The zero-order valence-electron chi connectivity index (χ0n) is 10.7. The third kappa shape index (κ3) is 3.53. The fourth-order valence-electron chi connectivity index (χ4n) is 2.23. The summed E-state index contributed by atoms with van der Waals surface area (Å²) in [7, 11) is -0.834. The molecule has 4 nitrogen and oxygen atoms in total. The van der Waals surface area contributed by atoms with Gasteiger partial charge in [0.1, 0.15) is 5.41 Å². The number of nitrogens with zero attached hydrogens (tertiary/aromatic N) is 1. The minimum atomic E-state index is -0.834. The lowest BCUT2D eigenvalue weighted by atomic mass is 9.63. The van der Waals surface area contributed by atoms with E-state index in [9.17, 15) is 9.00 Å². The van der Waals surface area contributed by atoms with Crippen molar-refractivity contribution in [3.8, 4) is 6.07 Å². The van der Waals surface area contributed by atoms with Crippen LogP contribution in [-0.4, -0.2) is 28.2 Å². The Morgan fingerprint density at radius 2 is 2.24 bits per heavy atom. The van der Waals surface area contributed by atoms with E-state index in [1.54, 1.807) is 6.26 Å². The van der Waals surface area contributed by atoms with Crippen molar-refractivity contribution in [1.82, 2.24) is 5.32 Å². The molecule has 0 saturated heterocycles. The quantitative estimate of drug-likeness (QED) is 0.803. The zero-order chi connectivity index (χ0) is 13.1. The minimum absolute atomic E-state index is 0.0208. The van der Waals surface area contributed by atoms with Gasteiger partial charge in [-0.2, -0.15) is 5.26 Å². The maximum atomic E-state index is 12.0. The maximum absolute atomic E-state index is 12.0. The third-order valence-corrected chi connectivity index (χ3v) is 4.07. The Hall–Kier alpha value is -0.890. The van der Waals surface area contributed by atoms with E-state index < -0.39 is 16.2 Å². The number of carbonyl (C=O) groups excluding carboxylic acids is 1. The van der Waals surface area contributed by atoms with Gasteiger partial charge >= 0.3 is 0 Å². The van der Waals surface area contributed by atoms with Crippen LogP contribution in [0.15, 0.2) is 0 Å². The van der Waals surface area contributed by atoms with Crippen molar-refractivity contribution in [2.75, 3.05) is 12.0 Å². The van der Waals surface area contributed by atoms with Gasteiger partial charge in [-0.05, 0) is 32.1 Å². The highest BCUT2D eigenvalue weighted by Gasteiger charge is 2.49. The lowest BCUT2D eigenvalue weighted by molar-refractivity contribution is -0.134. The van der Waals surface area contributed by atoms with E-state index >= 15 is 0 Å². The molecule has 1 amide bonds. The van der Waals surface area contributed by atoms with Crippen molar-refractivity contribution in [3.05, 3.63) is 0 Å². The van der Waals surface area contributed by atoms with Crippen LogP contribution in [0.5, 0.6) is 0 Å². The Balaban J connectivity index is 2.44. The predicted octanol–water partition coefficient (Wildman–Crippen LogP) is 1.20. The van der Waals surface area contributed by atoms with E-state index in [1.807, 2.05) is 13.8 Å². The van der Waals surface area contributed by atoms with Crippen LogP contribution in [-0.2, 0) is 15.6 Å². The van der Waals surface area contributed by atoms with Crippen molar-refractivity contribution >= 4 is 16.7 Å². The van der Waals surface area contributed by atoms with Crippen molar-refractivity contribution in [2.45, 2.75) is 39.2 Å². The van der Waals surface area contributed by atoms with Gasteiger partial charge in [-0.15, -0.1) is 0 Å². The largest absolute Gasteiger partial charge is 0.352 e. The molecule has 1 aliphatic carbocycles. The molecular weight excluding hydrogens is 236 g/mol. The summed E-state index contributed by atoms with van der Waals surface area (Å²) in [5.41, 5.74) is -0.807. The van der Waals surface area contributed by atoms with Crippen LogP contribution < -0.4 is 5.32 Å². The Labute approximate surface area is 105 Å². The summed E-state index contributed by atoms with van der Waals surface area (Å²) in [6.45, 7) is 3.93. The van der Waals surface area contributed by atoms with Crippen LogP contribution in [0.25, 0.3) is 0 Å². The highest BCUT2D eigenvalue weighted by atomic mass is 32.2. The van der Waals surface area contributed by atoms with Crippen LogP contribution >= 0.6 is 0 Å². The molecule has 2 unspecified atom stereocenters. The zero-order valence-corrected chi connectivity index (χ0v) is 11.5. The molecule has 2 atom stereocenters. The first-order valence-electron chi connectivity index (χ1n) is 5.92. The molecule has 0 heterocycles. The summed E-state index contributed by atoms with van der Waals surface area (Å²) in [4.78, 5) is 12.0. The van der Waals surface area contributed by atoms with Gasteiger partial charge in [0.2, 0.25) is 5.91 Å². The normalized spacial score (nSPS) is 30.8. The Bertz CT molecular complexity index is 356. The lowest BCUT2D eigenvalue weighted by Crippen LogP contribution is -2.50. The molecular formula is C12H20N2O2S. The average Bonchev–Trinajstić information content (AvgIpc) is 2.21. The summed E-state index contributed by atoms with van der Waals surface area (Å²) in [5, 5.41) is 11.9. The van der Waals surface area contributed by atoms with Crippen LogP contribution in [0.2, 0.25) is 0 Å². The van der Waals surface area contributed by atoms with E-state index in [0.29, 0.717) is 30.9 Å². The van der Waals surface area contributed by atoms with Crippen LogP contribution in [0.1, 0.15) is 33.1 Å². The van der Waals surface area contributed by atoms with E-state index in [0.717, 1.165) is 0 Å². The summed E-state index contributed by atoms with van der Waals surface area (Å²) < 4.78 is 10.9. The van der Waals surface area contributed by atoms with E-state index in [-0.39, 0.29) is 11.9 Å². The van der Waals surface area contributed by atoms with Crippen molar-refractivity contribution in [3.63, 3.8) is 0 Å². The second kappa shape index (κ2) is 5.63. The van der Waals surface area contributed by atoms with Crippen LogP contribution in [0, 0.1) is 22.7 Å². The third-order valence-electron chi connectivity index (χ3n) is 3.26. The molecule has 0 spiro atoms. The molecule has 0 bridgehead atoms. The number of carbonyl (C=O) groups is 1. The van der Waals surface area contributed by atoms with Crippen molar-refractivity contribution in [1.29, 1.82) is 5.26 Å². The smallest absolute Gasteiger partial charge is 0.240 e. The van der Waals surface area contributed by atoms with E-state index in [1.165, 1.54) is 0 Å². The molecule has 1 aliphatic rings. The average molecular weight is 256 g/mol. The van der Waals surface area contributed by atoms with E-state index in [2.05, 4.69) is 11.4 Å². The molecule has 17 heavy (non-hydrogen) atoms. The number of rotatable bonds is 5. The van der Waals surface area contributed by atoms with Gasteiger partial charge in [0.25, 0.3) is 0 Å². The topological polar surface area (TPSA) is 70.0 Å². The maximum Gasteiger partial charge on any atom is 0.240 e. The monoisotopic (exact) mass is 256 g/mol. The standard InChI is InChI=1S/C12H20N2O2S/c1-9-6-12(7-9,8-13)11(15)14-10(2)4-5-17(3)16/h9-10H,4-7H2,1-3H3,(H,14,15). The van der Waals surface area contributed by atoms with Crippen molar-refractivity contribution < 1.29 is 9.00 Å². The Morgan fingerprint density at radius 3 is 2.65 bits per heavy atom. The van der Waals surface area contributed by atoms with Gasteiger partial charge in [0.15, 0.2) is 0 Å². The van der Waals surface area contributed by atoms with Gasteiger partial charge in [0.05, 0.1) is 6.07 Å².